The first-order chi connectivity index (χ1) is 12.7. The molecule has 6 nitrogen and oxygen atoms in total. The number of fused-ring (bicyclic) bond motifs is 1. The van der Waals surface area contributed by atoms with Gasteiger partial charge in [0.1, 0.15) is 5.75 Å². The Morgan fingerprint density at radius 3 is 2.69 bits per heavy atom. The minimum Gasteiger partial charge on any atom is -0.480 e. The predicted molar refractivity (Wildman–Crippen MR) is 97.1 cm³/mol. The molecule has 1 atom stereocenters. The Hall–Kier alpha value is -2.63. The molecule has 1 saturated carbocycles. The molecule has 1 aliphatic carbocycles. The third-order valence-electron chi connectivity index (χ3n) is 5.34. The quantitative estimate of drug-likeness (QED) is 0.918. The van der Waals surface area contributed by atoms with Gasteiger partial charge in [0, 0.05) is 18.3 Å². The largest absolute Gasteiger partial charge is 0.480 e. The van der Waals surface area contributed by atoms with Crippen LogP contribution in [0.5, 0.6) is 5.75 Å². The summed E-state index contributed by atoms with van der Waals surface area (Å²) >= 11 is 0. The Labute approximate surface area is 152 Å². The zero-order chi connectivity index (χ0) is 17.9. The molecule has 1 amide bonds. The van der Waals surface area contributed by atoms with Crippen molar-refractivity contribution >= 4 is 5.91 Å². The molecule has 0 bridgehead atoms. The number of hydrogen-bond acceptors (Lipinski definition) is 4. The Balaban J connectivity index is 1.31. The van der Waals surface area contributed by atoms with Crippen molar-refractivity contribution in [1.82, 2.24) is 15.1 Å². The molecule has 2 aliphatic rings. The average molecular weight is 353 g/mol. The van der Waals surface area contributed by atoms with Gasteiger partial charge in [0.2, 0.25) is 0 Å². The molecule has 1 unspecified atom stereocenters. The maximum Gasteiger partial charge on any atom is 0.266 e. The second kappa shape index (κ2) is 7.32. The van der Waals surface area contributed by atoms with Gasteiger partial charge < -0.3 is 10.1 Å². The van der Waals surface area contributed by atoms with Gasteiger partial charge in [0.05, 0.1) is 6.04 Å². The fourth-order valence-electron chi connectivity index (χ4n) is 3.91. The van der Waals surface area contributed by atoms with Crippen LogP contribution in [0.15, 0.2) is 47.4 Å². The van der Waals surface area contributed by atoms with Crippen molar-refractivity contribution in [2.45, 2.75) is 56.7 Å². The summed E-state index contributed by atoms with van der Waals surface area (Å²) in [5, 5.41) is 7.31. The number of amides is 1. The topological polar surface area (TPSA) is 73.2 Å². The maximum atomic E-state index is 12.6. The molecule has 1 fully saturated rings. The van der Waals surface area contributed by atoms with Gasteiger partial charge in [0.25, 0.3) is 11.5 Å². The number of carbonyl (C=O) groups excluding carboxylic acids is 1. The van der Waals surface area contributed by atoms with Crippen LogP contribution in [0.1, 0.15) is 43.7 Å². The van der Waals surface area contributed by atoms with Crippen molar-refractivity contribution in [2.75, 3.05) is 0 Å². The number of nitrogens with one attached hydrogen (secondary N) is 1. The number of rotatable bonds is 3. The molecule has 1 aromatic carbocycles. The van der Waals surface area contributed by atoms with E-state index in [2.05, 4.69) is 10.4 Å². The summed E-state index contributed by atoms with van der Waals surface area (Å²) in [6, 6.07) is 11.4. The van der Waals surface area contributed by atoms with E-state index in [9.17, 15) is 9.59 Å². The van der Waals surface area contributed by atoms with Gasteiger partial charge in [-0.2, -0.15) is 5.10 Å². The highest BCUT2D eigenvalue weighted by atomic mass is 16.5. The number of carbonyl (C=O) groups is 1. The Bertz CT molecular complexity index is 840. The molecule has 136 valence electrons. The second-order valence-electron chi connectivity index (χ2n) is 7.07. The van der Waals surface area contributed by atoms with Gasteiger partial charge in [-0.3, -0.25) is 9.59 Å². The molecular weight excluding hydrogens is 330 g/mol. The van der Waals surface area contributed by atoms with Crippen LogP contribution in [0.4, 0.5) is 0 Å². The molecule has 0 radical (unpaired) electrons. The molecule has 26 heavy (non-hydrogen) atoms. The first-order valence-corrected chi connectivity index (χ1v) is 9.29. The van der Waals surface area contributed by atoms with Gasteiger partial charge in [-0.15, -0.1) is 0 Å². The van der Waals surface area contributed by atoms with E-state index in [0.29, 0.717) is 6.42 Å². The third kappa shape index (κ3) is 3.49. The van der Waals surface area contributed by atoms with E-state index in [0.717, 1.165) is 43.4 Å². The molecule has 2 aromatic rings. The van der Waals surface area contributed by atoms with E-state index in [4.69, 9.17) is 4.74 Å². The van der Waals surface area contributed by atoms with Crippen LogP contribution in [0.2, 0.25) is 0 Å². The highest BCUT2D eigenvalue weighted by Gasteiger charge is 2.30. The summed E-state index contributed by atoms with van der Waals surface area (Å²) in [4.78, 5) is 24.5. The summed E-state index contributed by atoms with van der Waals surface area (Å²) in [5.41, 5.74) is 1.10. The Kier molecular flexibility index (Phi) is 4.73. The number of hydrogen-bond donors (Lipinski definition) is 1. The lowest BCUT2D eigenvalue weighted by Crippen LogP contribution is -2.46. The molecule has 6 heteroatoms. The molecule has 2 heterocycles. The Morgan fingerprint density at radius 2 is 1.88 bits per heavy atom. The van der Waals surface area contributed by atoms with E-state index in [1.807, 2.05) is 24.3 Å². The van der Waals surface area contributed by atoms with E-state index >= 15 is 0 Å². The van der Waals surface area contributed by atoms with E-state index in [1.54, 1.807) is 23.0 Å². The molecule has 0 spiro atoms. The maximum absolute atomic E-state index is 12.6. The summed E-state index contributed by atoms with van der Waals surface area (Å²) in [6.45, 7) is 0. The van der Waals surface area contributed by atoms with E-state index < -0.39 is 6.10 Å². The monoisotopic (exact) mass is 353 g/mol. The molecule has 4 rings (SSSR count). The van der Waals surface area contributed by atoms with E-state index in [-0.39, 0.29) is 23.6 Å². The number of ether oxygens (including phenoxy) is 1. The minimum atomic E-state index is -0.416. The van der Waals surface area contributed by atoms with Crippen molar-refractivity contribution in [3.8, 4) is 5.75 Å². The zero-order valence-corrected chi connectivity index (χ0v) is 14.6. The third-order valence-corrected chi connectivity index (χ3v) is 5.34. The molecule has 1 aromatic heterocycles. The smallest absolute Gasteiger partial charge is 0.266 e. The SMILES string of the molecule is O=C(NC1CCC(n2ncccc2=O)CC1)C1CCc2ccccc2O1. The number of para-hydroxylation sites is 1. The number of nitrogens with zero attached hydrogens (tertiary/aromatic N) is 2. The predicted octanol–water partition coefficient (Wildman–Crippen LogP) is 2.24. The highest BCUT2D eigenvalue weighted by molar-refractivity contribution is 5.81. The number of aromatic nitrogens is 2. The average Bonchev–Trinajstić information content (AvgIpc) is 2.69. The second-order valence-corrected chi connectivity index (χ2v) is 7.07. The van der Waals surface area contributed by atoms with Crippen LogP contribution >= 0.6 is 0 Å². The number of aryl methyl sites for hydroxylation is 1. The lowest BCUT2D eigenvalue weighted by Gasteiger charge is -2.31. The van der Waals surface area contributed by atoms with Gasteiger partial charge in [-0.1, -0.05) is 18.2 Å². The van der Waals surface area contributed by atoms with Crippen LogP contribution in [-0.4, -0.2) is 27.8 Å². The fourth-order valence-corrected chi connectivity index (χ4v) is 3.91. The molecule has 0 saturated heterocycles. The Morgan fingerprint density at radius 1 is 1.08 bits per heavy atom. The summed E-state index contributed by atoms with van der Waals surface area (Å²) in [6.07, 6.45) is 6.19. The lowest BCUT2D eigenvalue weighted by atomic mass is 9.91. The van der Waals surface area contributed by atoms with Crippen LogP contribution in [0.25, 0.3) is 0 Å². The van der Waals surface area contributed by atoms with Gasteiger partial charge in [-0.05, 0) is 56.2 Å². The van der Waals surface area contributed by atoms with Gasteiger partial charge >= 0.3 is 0 Å². The standard InChI is InChI=1S/C20H23N3O3/c24-19-6-3-13-21-23(19)16-10-8-15(9-11-16)22-20(25)18-12-7-14-4-1-2-5-17(14)26-18/h1-6,13,15-16,18H,7-12H2,(H,22,25). The van der Waals surface area contributed by atoms with Crippen LogP contribution in [0.3, 0.4) is 0 Å². The van der Waals surface area contributed by atoms with Crippen molar-refractivity contribution in [1.29, 1.82) is 0 Å². The lowest BCUT2D eigenvalue weighted by molar-refractivity contribution is -0.129. The molecule has 1 aliphatic heterocycles. The highest BCUT2D eigenvalue weighted by Crippen LogP contribution is 2.29. The summed E-state index contributed by atoms with van der Waals surface area (Å²) in [5.74, 6) is 0.787. The van der Waals surface area contributed by atoms with Gasteiger partial charge in [0.15, 0.2) is 6.10 Å². The van der Waals surface area contributed by atoms with Crippen molar-refractivity contribution in [3.63, 3.8) is 0 Å². The summed E-state index contributed by atoms with van der Waals surface area (Å²) < 4.78 is 7.44. The van der Waals surface area contributed by atoms with Crippen LogP contribution in [-0.2, 0) is 11.2 Å². The zero-order valence-electron chi connectivity index (χ0n) is 14.6. The molecular formula is C20H23N3O3. The fraction of sp³-hybridized carbons (Fsp3) is 0.450. The van der Waals surface area contributed by atoms with Gasteiger partial charge in [-0.25, -0.2) is 4.68 Å². The molecule has 1 N–H and O–H groups in total. The van der Waals surface area contributed by atoms with Crippen LogP contribution in [0, 0.1) is 0 Å². The first-order valence-electron chi connectivity index (χ1n) is 9.29. The van der Waals surface area contributed by atoms with Crippen LogP contribution < -0.4 is 15.6 Å². The van der Waals surface area contributed by atoms with Crippen molar-refractivity contribution in [2.24, 2.45) is 0 Å². The minimum absolute atomic E-state index is 0.0297. The normalized spacial score (nSPS) is 25.0. The number of benzene rings is 1. The van der Waals surface area contributed by atoms with Crippen molar-refractivity contribution in [3.05, 3.63) is 58.5 Å². The van der Waals surface area contributed by atoms with E-state index in [1.165, 1.54) is 0 Å². The first kappa shape index (κ1) is 16.8. The van der Waals surface area contributed by atoms with Crippen molar-refractivity contribution < 1.29 is 9.53 Å². The summed E-state index contributed by atoms with van der Waals surface area (Å²) in [7, 11) is 0.